The maximum Gasteiger partial charge on any atom is 0.212 e. The first-order chi connectivity index (χ1) is 14.6. The van der Waals surface area contributed by atoms with E-state index in [4.69, 9.17) is 9.72 Å². The molecular formula is C22H21FN6O. The van der Waals surface area contributed by atoms with Crippen molar-refractivity contribution in [3.8, 4) is 22.5 Å². The third-order valence-electron chi connectivity index (χ3n) is 5.47. The number of nitrogens with one attached hydrogen (secondary N) is 1. The van der Waals surface area contributed by atoms with E-state index in [0.29, 0.717) is 13.2 Å². The fourth-order valence-corrected chi connectivity index (χ4v) is 3.95. The van der Waals surface area contributed by atoms with Crippen LogP contribution in [0.4, 0.5) is 10.2 Å². The summed E-state index contributed by atoms with van der Waals surface area (Å²) in [7, 11) is 0. The highest BCUT2D eigenvalue weighted by molar-refractivity contribution is 6.03. The zero-order valence-electron chi connectivity index (χ0n) is 16.8. The highest BCUT2D eigenvalue weighted by Gasteiger charge is 2.24. The van der Waals surface area contributed by atoms with E-state index in [1.807, 2.05) is 19.2 Å². The quantitative estimate of drug-likeness (QED) is 0.524. The predicted octanol–water partition coefficient (Wildman–Crippen LogP) is 3.75. The minimum atomic E-state index is -0.504. The number of anilines is 1. The molecule has 1 N–H and O–H groups in total. The van der Waals surface area contributed by atoms with E-state index >= 15 is 0 Å². The molecule has 8 heteroatoms. The van der Waals surface area contributed by atoms with Crippen molar-refractivity contribution in [3.05, 3.63) is 54.4 Å². The molecule has 4 aromatic heterocycles. The summed E-state index contributed by atoms with van der Waals surface area (Å²) in [6.07, 6.45) is 5.09. The summed E-state index contributed by atoms with van der Waals surface area (Å²) in [5.74, 6) is 0.335. The topological polar surface area (TPSA) is 79.8 Å². The second-order valence-electron chi connectivity index (χ2n) is 7.50. The largest absolute Gasteiger partial charge is 0.377 e. The lowest BCUT2D eigenvalue weighted by molar-refractivity contribution is 0.0986. The molecule has 7 nitrogen and oxygen atoms in total. The SMILES string of the molecule is Cc1cnc(-c2ccn[nH]2)c2nc(N3CCOC[C@H]3C)cc(-c3ccc(F)nc3)c12. The van der Waals surface area contributed by atoms with Gasteiger partial charge in [0.15, 0.2) is 0 Å². The van der Waals surface area contributed by atoms with Crippen LogP contribution in [0.5, 0.6) is 0 Å². The fourth-order valence-electron chi connectivity index (χ4n) is 3.95. The molecule has 0 saturated carbocycles. The fraction of sp³-hybridized carbons (Fsp3) is 0.273. The average molecular weight is 404 g/mol. The van der Waals surface area contributed by atoms with E-state index in [0.717, 1.165) is 51.3 Å². The van der Waals surface area contributed by atoms with E-state index in [9.17, 15) is 4.39 Å². The Morgan fingerprint density at radius 3 is 2.83 bits per heavy atom. The number of H-pyrrole nitrogens is 1. The molecule has 152 valence electrons. The maximum absolute atomic E-state index is 13.5. The van der Waals surface area contributed by atoms with E-state index < -0.39 is 5.95 Å². The Labute approximate surface area is 173 Å². The second-order valence-corrected chi connectivity index (χ2v) is 7.50. The van der Waals surface area contributed by atoms with Crippen LogP contribution in [0, 0.1) is 12.9 Å². The van der Waals surface area contributed by atoms with Crippen molar-refractivity contribution in [1.82, 2.24) is 25.1 Å². The van der Waals surface area contributed by atoms with Gasteiger partial charge in [0, 0.05) is 36.1 Å². The van der Waals surface area contributed by atoms with E-state index in [1.165, 1.54) is 6.07 Å². The minimum absolute atomic E-state index is 0.191. The summed E-state index contributed by atoms with van der Waals surface area (Å²) < 4.78 is 19.1. The summed E-state index contributed by atoms with van der Waals surface area (Å²) in [6.45, 7) is 6.17. The van der Waals surface area contributed by atoms with Crippen molar-refractivity contribution in [2.45, 2.75) is 19.9 Å². The number of pyridine rings is 3. The highest BCUT2D eigenvalue weighted by atomic mass is 19.1. The molecule has 1 aliphatic rings. The van der Waals surface area contributed by atoms with Crippen molar-refractivity contribution < 1.29 is 9.13 Å². The van der Waals surface area contributed by atoms with Crippen LogP contribution in [0.2, 0.25) is 0 Å². The van der Waals surface area contributed by atoms with Gasteiger partial charge >= 0.3 is 0 Å². The molecule has 0 amide bonds. The first kappa shape index (κ1) is 18.6. The Morgan fingerprint density at radius 2 is 2.10 bits per heavy atom. The van der Waals surface area contributed by atoms with Crippen LogP contribution in [0.15, 0.2) is 42.9 Å². The molecule has 5 rings (SSSR count). The number of nitrogens with zero attached hydrogens (tertiary/aromatic N) is 5. The third-order valence-corrected chi connectivity index (χ3v) is 5.47. The van der Waals surface area contributed by atoms with Crippen molar-refractivity contribution in [2.24, 2.45) is 0 Å². The number of fused-ring (bicyclic) bond motifs is 1. The van der Waals surface area contributed by atoms with Crippen LogP contribution in [0.1, 0.15) is 12.5 Å². The molecule has 1 atom stereocenters. The van der Waals surface area contributed by atoms with Crippen molar-refractivity contribution in [2.75, 3.05) is 24.7 Å². The van der Waals surface area contributed by atoms with Gasteiger partial charge < -0.3 is 9.64 Å². The van der Waals surface area contributed by atoms with Gasteiger partial charge in [-0.2, -0.15) is 9.49 Å². The summed E-state index contributed by atoms with van der Waals surface area (Å²) in [5, 5.41) is 8.03. The Morgan fingerprint density at radius 1 is 1.20 bits per heavy atom. The number of aromatic nitrogens is 5. The Bertz CT molecular complexity index is 1190. The van der Waals surface area contributed by atoms with Gasteiger partial charge in [-0.25, -0.2) is 9.97 Å². The summed E-state index contributed by atoms with van der Waals surface area (Å²) in [5.41, 5.74) is 5.06. The van der Waals surface area contributed by atoms with Crippen molar-refractivity contribution in [1.29, 1.82) is 0 Å². The zero-order valence-corrected chi connectivity index (χ0v) is 16.8. The molecule has 5 heterocycles. The van der Waals surface area contributed by atoms with Crippen LogP contribution in [-0.4, -0.2) is 50.9 Å². The molecule has 1 fully saturated rings. The number of aromatic amines is 1. The summed E-state index contributed by atoms with van der Waals surface area (Å²) in [6, 6.07) is 7.26. The standard InChI is InChI=1S/C22H21FN6O/c1-13-10-25-21(17-5-6-26-28-17)22-20(13)16(15-3-4-18(23)24-11-15)9-19(27-22)29-7-8-30-12-14(29)2/h3-6,9-11,14H,7-8,12H2,1-2H3,(H,26,28)/t14-/m1/s1. The van der Waals surface area contributed by atoms with Crippen molar-refractivity contribution in [3.63, 3.8) is 0 Å². The lowest BCUT2D eigenvalue weighted by Gasteiger charge is -2.34. The third kappa shape index (κ3) is 3.19. The minimum Gasteiger partial charge on any atom is -0.377 e. The van der Waals surface area contributed by atoms with Gasteiger partial charge in [-0.15, -0.1) is 0 Å². The smallest absolute Gasteiger partial charge is 0.212 e. The number of halogens is 1. The average Bonchev–Trinajstić information content (AvgIpc) is 3.29. The highest BCUT2D eigenvalue weighted by Crippen LogP contribution is 2.37. The molecule has 1 saturated heterocycles. The van der Waals surface area contributed by atoms with Crippen LogP contribution in [-0.2, 0) is 4.74 Å². The molecule has 0 radical (unpaired) electrons. The van der Waals surface area contributed by atoms with Gasteiger partial charge in [0.25, 0.3) is 0 Å². The lowest BCUT2D eigenvalue weighted by atomic mass is 9.98. The van der Waals surface area contributed by atoms with Gasteiger partial charge in [-0.1, -0.05) is 0 Å². The van der Waals surface area contributed by atoms with Gasteiger partial charge in [-0.05, 0) is 49.2 Å². The molecule has 0 aromatic carbocycles. The van der Waals surface area contributed by atoms with Gasteiger partial charge in [0.2, 0.25) is 5.95 Å². The summed E-state index contributed by atoms with van der Waals surface area (Å²) in [4.78, 5) is 15.8. The molecule has 0 bridgehead atoms. The van der Waals surface area contributed by atoms with E-state index in [-0.39, 0.29) is 6.04 Å². The van der Waals surface area contributed by atoms with Gasteiger partial charge in [0.05, 0.1) is 24.9 Å². The van der Waals surface area contributed by atoms with Gasteiger partial charge in [-0.3, -0.25) is 10.1 Å². The number of aryl methyl sites for hydroxylation is 1. The van der Waals surface area contributed by atoms with Crippen molar-refractivity contribution >= 4 is 16.7 Å². The van der Waals surface area contributed by atoms with Crippen LogP contribution < -0.4 is 4.90 Å². The second kappa shape index (κ2) is 7.46. The predicted molar refractivity (Wildman–Crippen MR) is 113 cm³/mol. The molecule has 4 aromatic rings. The molecule has 0 unspecified atom stereocenters. The zero-order chi connectivity index (χ0) is 20.7. The first-order valence-electron chi connectivity index (χ1n) is 9.88. The molecular weight excluding hydrogens is 383 g/mol. The van der Waals surface area contributed by atoms with E-state index in [1.54, 1.807) is 18.5 Å². The number of rotatable bonds is 3. The number of ether oxygens (including phenoxy) is 1. The lowest BCUT2D eigenvalue weighted by Crippen LogP contribution is -2.44. The molecule has 0 aliphatic carbocycles. The normalized spacial score (nSPS) is 16.9. The Kier molecular flexibility index (Phi) is 4.63. The van der Waals surface area contributed by atoms with E-state index in [2.05, 4.69) is 38.1 Å². The number of hydrogen-bond acceptors (Lipinski definition) is 6. The number of hydrogen-bond donors (Lipinski definition) is 1. The summed E-state index contributed by atoms with van der Waals surface area (Å²) >= 11 is 0. The number of morpholine rings is 1. The van der Waals surface area contributed by atoms with Crippen LogP contribution >= 0.6 is 0 Å². The monoisotopic (exact) mass is 404 g/mol. The Hall–Kier alpha value is -3.39. The van der Waals surface area contributed by atoms with Crippen LogP contribution in [0.25, 0.3) is 33.4 Å². The maximum atomic E-state index is 13.5. The molecule has 1 aliphatic heterocycles. The van der Waals surface area contributed by atoms with Gasteiger partial charge in [0.1, 0.15) is 17.0 Å². The molecule has 30 heavy (non-hydrogen) atoms. The first-order valence-corrected chi connectivity index (χ1v) is 9.88. The van der Waals surface area contributed by atoms with Crippen LogP contribution in [0.3, 0.4) is 0 Å². The molecule has 0 spiro atoms. The Balaban J connectivity index is 1.81.